The summed E-state index contributed by atoms with van der Waals surface area (Å²) in [6.45, 7) is 3.10. The minimum Gasteiger partial charge on any atom is -0.497 e. The van der Waals surface area contributed by atoms with Gasteiger partial charge in [-0.3, -0.25) is 0 Å². The van der Waals surface area contributed by atoms with Crippen LogP contribution < -0.4 is 14.8 Å². The number of ether oxygens (including phenoxy) is 2. The van der Waals surface area contributed by atoms with E-state index in [0.717, 1.165) is 18.5 Å². The van der Waals surface area contributed by atoms with Crippen molar-refractivity contribution < 1.29 is 14.3 Å². The molecule has 0 radical (unpaired) electrons. The molecule has 0 aliphatic carbocycles. The Bertz CT molecular complexity index is 721. The highest BCUT2D eigenvalue weighted by Gasteiger charge is 2.25. The first-order chi connectivity index (χ1) is 12.1. The highest BCUT2D eigenvalue weighted by molar-refractivity contribution is 5.89. The standard InChI is InChI=1S/C18H22N4O3/c1-13-8-9-17(21-20-13)25-16-7-4-10-22(12-16)18(23)19-14-5-3-6-15(11-14)24-2/h3,5-6,8-9,11,16H,4,7,10,12H2,1-2H3,(H,19,23). The highest BCUT2D eigenvalue weighted by Crippen LogP contribution is 2.20. The fraction of sp³-hybridized carbons (Fsp3) is 0.389. The van der Waals surface area contributed by atoms with E-state index in [9.17, 15) is 4.79 Å². The van der Waals surface area contributed by atoms with Gasteiger partial charge < -0.3 is 19.7 Å². The second kappa shape index (κ2) is 7.83. The van der Waals surface area contributed by atoms with Gasteiger partial charge in [0.15, 0.2) is 0 Å². The average molecular weight is 342 g/mol. The Kier molecular flexibility index (Phi) is 5.33. The van der Waals surface area contributed by atoms with Crippen molar-refractivity contribution in [3.05, 3.63) is 42.1 Å². The molecule has 132 valence electrons. The maximum atomic E-state index is 12.5. The minimum atomic E-state index is -0.142. The first-order valence-corrected chi connectivity index (χ1v) is 8.31. The van der Waals surface area contributed by atoms with E-state index in [1.165, 1.54) is 0 Å². The molecule has 0 bridgehead atoms. The number of aromatic nitrogens is 2. The van der Waals surface area contributed by atoms with E-state index in [-0.39, 0.29) is 12.1 Å². The van der Waals surface area contributed by atoms with Gasteiger partial charge in [0.05, 0.1) is 19.3 Å². The van der Waals surface area contributed by atoms with E-state index in [1.54, 1.807) is 24.1 Å². The molecule has 3 rings (SSSR count). The molecule has 7 heteroatoms. The van der Waals surface area contributed by atoms with Gasteiger partial charge in [-0.2, -0.15) is 5.10 Å². The number of hydrogen-bond acceptors (Lipinski definition) is 5. The number of likely N-dealkylation sites (tertiary alicyclic amines) is 1. The van der Waals surface area contributed by atoms with Gasteiger partial charge in [0.25, 0.3) is 0 Å². The van der Waals surface area contributed by atoms with Crippen LogP contribution >= 0.6 is 0 Å². The normalized spacial score (nSPS) is 17.0. The largest absolute Gasteiger partial charge is 0.497 e. The van der Waals surface area contributed by atoms with Gasteiger partial charge in [-0.05, 0) is 38.0 Å². The molecule has 2 heterocycles. The molecule has 25 heavy (non-hydrogen) atoms. The first kappa shape index (κ1) is 17.0. The number of urea groups is 1. The zero-order chi connectivity index (χ0) is 17.6. The maximum absolute atomic E-state index is 12.5. The van der Waals surface area contributed by atoms with Crippen molar-refractivity contribution in [2.24, 2.45) is 0 Å². The van der Waals surface area contributed by atoms with Crippen molar-refractivity contribution in [3.8, 4) is 11.6 Å². The number of rotatable bonds is 4. The zero-order valence-corrected chi connectivity index (χ0v) is 14.4. The van der Waals surface area contributed by atoms with Gasteiger partial charge in [0, 0.05) is 24.4 Å². The SMILES string of the molecule is COc1cccc(NC(=O)N2CCCC(Oc3ccc(C)nn3)C2)c1. The number of piperidine rings is 1. The Morgan fingerprint density at radius 2 is 2.16 bits per heavy atom. The number of carbonyl (C=O) groups is 1. The van der Waals surface area contributed by atoms with E-state index in [0.29, 0.717) is 30.4 Å². The van der Waals surface area contributed by atoms with Crippen LogP contribution in [0.5, 0.6) is 11.6 Å². The molecule has 1 aromatic carbocycles. The molecule has 1 atom stereocenters. The number of aryl methyl sites for hydroxylation is 1. The lowest BCUT2D eigenvalue weighted by Crippen LogP contribution is -2.46. The summed E-state index contributed by atoms with van der Waals surface area (Å²) in [5.74, 6) is 1.20. The summed E-state index contributed by atoms with van der Waals surface area (Å²) >= 11 is 0. The van der Waals surface area contributed by atoms with Crippen LogP contribution in [0, 0.1) is 6.92 Å². The van der Waals surface area contributed by atoms with E-state index >= 15 is 0 Å². The number of amides is 2. The first-order valence-electron chi connectivity index (χ1n) is 8.31. The van der Waals surface area contributed by atoms with Gasteiger partial charge in [0.2, 0.25) is 5.88 Å². The lowest BCUT2D eigenvalue weighted by Gasteiger charge is -2.32. The lowest BCUT2D eigenvalue weighted by molar-refractivity contribution is 0.102. The quantitative estimate of drug-likeness (QED) is 0.924. The van der Waals surface area contributed by atoms with Gasteiger partial charge in [0.1, 0.15) is 11.9 Å². The molecule has 2 aromatic rings. The molecule has 0 spiro atoms. The summed E-state index contributed by atoms with van der Waals surface area (Å²) in [5.41, 5.74) is 1.55. The van der Waals surface area contributed by atoms with Crippen molar-refractivity contribution in [1.82, 2.24) is 15.1 Å². The number of anilines is 1. The van der Waals surface area contributed by atoms with Crippen molar-refractivity contribution in [2.75, 3.05) is 25.5 Å². The average Bonchev–Trinajstić information content (AvgIpc) is 2.64. The smallest absolute Gasteiger partial charge is 0.321 e. The van der Waals surface area contributed by atoms with Crippen molar-refractivity contribution in [1.29, 1.82) is 0 Å². The molecule has 1 N–H and O–H groups in total. The number of hydrogen-bond donors (Lipinski definition) is 1. The van der Waals surface area contributed by atoms with Crippen LogP contribution in [-0.4, -0.2) is 47.4 Å². The fourth-order valence-corrected chi connectivity index (χ4v) is 2.74. The van der Waals surface area contributed by atoms with Crippen molar-refractivity contribution in [2.45, 2.75) is 25.9 Å². The molecule has 1 unspecified atom stereocenters. The monoisotopic (exact) mass is 342 g/mol. The summed E-state index contributed by atoms with van der Waals surface area (Å²) in [4.78, 5) is 14.3. The number of nitrogens with zero attached hydrogens (tertiary/aromatic N) is 3. The predicted molar refractivity (Wildman–Crippen MR) is 94.0 cm³/mol. The van der Waals surface area contributed by atoms with Crippen LogP contribution in [0.15, 0.2) is 36.4 Å². The Balaban J connectivity index is 1.58. The second-order valence-electron chi connectivity index (χ2n) is 6.00. The topological polar surface area (TPSA) is 76.6 Å². The Morgan fingerprint density at radius 1 is 1.28 bits per heavy atom. The highest BCUT2D eigenvalue weighted by atomic mass is 16.5. The molecule has 7 nitrogen and oxygen atoms in total. The van der Waals surface area contributed by atoms with Crippen LogP contribution in [0.25, 0.3) is 0 Å². The van der Waals surface area contributed by atoms with Gasteiger partial charge in [-0.15, -0.1) is 5.10 Å². The van der Waals surface area contributed by atoms with Crippen LogP contribution in [0.1, 0.15) is 18.5 Å². The van der Waals surface area contributed by atoms with Gasteiger partial charge >= 0.3 is 6.03 Å². The summed E-state index contributed by atoms with van der Waals surface area (Å²) < 4.78 is 11.0. The molecule has 0 saturated carbocycles. The lowest BCUT2D eigenvalue weighted by atomic mass is 10.1. The van der Waals surface area contributed by atoms with Crippen LogP contribution in [0.3, 0.4) is 0 Å². The third-order valence-electron chi connectivity index (χ3n) is 4.05. The number of methoxy groups -OCH3 is 1. The van der Waals surface area contributed by atoms with Crippen LogP contribution in [0.4, 0.5) is 10.5 Å². The summed E-state index contributed by atoms with van der Waals surface area (Å²) in [5, 5.41) is 10.9. The molecule has 1 saturated heterocycles. The predicted octanol–water partition coefficient (Wildman–Crippen LogP) is 2.87. The maximum Gasteiger partial charge on any atom is 0.321 e. The Hall–Kier alpha value is -2.83. The van der Waals surface area contributed by atoms with E-state index in [1.807, 2.05) is 31.2 Å². The Labute approximate surface area is 147 Å². The molecule has 1 fully saturated rings. The summed E-state index contributed by atoms with van der Waals surface area (Å²) in [6.07, 6.45) is 1.69. The third kappa shape index (κ3) is 4.59. The molecule has 1 aliphatic rings. The second-order valence-corrected chi connectivity index (χ2v) is 6.00. The van der Waals surface area contributed by atoms with E-state index in [2.05, 4.69) is 15.5 Å². The summed E-state index contributed by atoms with van der Waals surface area (Å²) in [7, 11) is 1.60. The van der Waals surface area contributed by atoms with Gasteiger partial charge in [-0.1, -0.05) is 6.07 Å². The molecular formula is C18H22N4O3. The van der Waals surface area contributed by atoms with Crippen molar-refractivity contribution >= 4 is 11.7 Å². The molecule has 1 aliphatic heterocycles. The number of nitrogens with one attached hydrogen (secondary N) is 1. The zero-order valence-electron chi connectivity index (χ0n) is 14.4. The molecule has 1 aromatic heterocycles. The molecule has 2 amide bonds. The van der Waals surface area contributed by atoms with E-state index in [4.69, 9.17) is 9.47 Å². The fourth-order valence-electron chi connectivity index (χ4n) is 2.74. The van der Waals surface area contributed by atoms with Crippen LogP contribution in [-0.2, 0) is 0 Å². The minimum absolute atomic E-state index is 0.0817. The van der Waals surface area contributed by atoms with Crippen LogP contribution in [0.2, 0.25) is 0 Å². The summed E-state index contributed by atoms with van der Waals surface area (Å²) in [6, 6.07) is 10.8. The van der Waals surface area contributed by atoms with Crippen molar-refractivity contribution in [3.63, 3.8) is 0 Å². The van der Waals surface area contributed by atoms with Gasteiger partial charge in [-0.25, -0.2) is 4.79 Å². The molecular weight excluding hydrogens is 320 g/mol. The number of carbonyl (C=O) groups excluding carboxylic acids is 1. The number of benzene rings is 1. The Morgan fingerprint density at radius 3 is 2.92 bits per heavy atom. The third-order valence-corrected chi connectivity index (χ3v) is 4.05. The van der Waals surface area contributed by atoms with E-state index < -0.39 is 0 Å².